The average molecular weight is 254 g/mol. The molecule has 0 aromatic carbocycles. The summed E-state index contributed by atoms with van der Waals surface area (Å²) in [5, 5.41) is 3.85. The largest absolute Gasteiger partial charge is 0.378 e. The number of rotatable bonds is 6. The van der Waals surface area contributed by atoms with Crippen molar-refractivity contribution in [1.29, 1.82) is 0 Å². The van der Waals surface area contributed by atoms with E-state index in [9.17, 15) is 0 Å². The quantitative estimate of drug-likeness (QED) is 0.787. The highest BCUT2D eigenvalue weighted by Crippen LogP contribution is 2.54. The van der Waals surface area contributed by atoms with E-state index in [1.165, 1.54) is 32.1 Å². The maximum absolute atomic E-state index is 5.96. The lowest BCUT2D eigenvalue weighted by Gasteiger charge is -2.55. The summed E-state index contributed by atoms with van der Waals surface area (Å²) >= 11 is 0. The third-order valence-corrected chi connectivity index (χ3v) is 4.81. The van der Waals surface area contributed by atoms with Gasteiger partial charge in [-0.15, -0.1) is 0 Å². The molecule has 3 atom stereocenters. The molecule has 1 N–H and O–H groups in total. The first-order valence-corrected chi connectivity index (χ1v) is 7.61. The van der Waals surface area contributed by atoms with Gasteiger partial charge in [0.2, 0.25) is 0 Å². The Labute approximate surface area is 112 Å². The summed E-state index contributed by atoms with van der Waals surface area (Å²) in [6.07, 6.45) is 7.25. The summed E-state index contributed by atoms with van der Waals surface area (Å²) in [7, 11) is 4.29. The number of hydrogen-bond donors (Lipinski definition) is 1. The van der Waals surface area contributed by atoms with Crippen molar-refractivity contribution in [1.82, 2.24) is 10.2 Å². The minimum atomic E-state index is 0.469. The second-order valence-electron chi connectivity index (χ2n) is 6.50. The zero-order valence-corrected chi connectivity index (χ0v) is 12.5. The van der Waals surface area contributed by atoms with Gasteiger partial charge in [0.15, 0.2) is 0 Å². The van der Waals surface area contributed by atoms with Gasteiger partial charge in [0.25, 0.3) is 0 Å². The van der Waals surface area contributed by atoms with Crippen molar-refractivity contribution in [3.8, 4) is 0 Å². The molecular weight excluding hydrogens is 224 g/mol. The van der Waals surface area contributed by atoms with Crippen LogP contribution in [0.3, 0.4) is 0 Å². The van der Waals surface area contributed by atoms with E-state index in [1.807, 2.05) is 0 Å². The van der Waals surface area contributed by atoms with Gasteiger partial charge in [0, 0.05) is 30.7 Å². The van der Waals surface area contributed by atoms with Crippen molar-refractivity contribution >= 4 is 0 Å². The topological polar surface area (TPSA) is 24.5 Å². The second kappa shape index (κ2) is 5.89. The van der Waals surface area contributed by atoms with E-state index >= 15 is 0 Å². The second-order valence-corrected chi connectivity index (χ2v) is 6.50. The van der Waals surface area contributed by atoms with Crippen molar-refractivity contribution in [2.45, 2.75) is 64.1 Å². The van der Waals surface area contributed by atoms with Crippen LogP contribution in [-0.2, 0) is 4.74 Å². The predicted molar refractivity (Wildman–Crippen MR) is 75.9 cm³/mol. The van der Waals surface area contributed by atoms with Crippen molar-refractivity contribution in [3.63, 3.8) is 0 Å². The highest BCUT2D eigenvalue weighted by atomic mass is 16.5. The molecular formula is C15H30N2O. The molecule has 2 aliphatic rings. The van der Waals surface area contributed by atoms with E-state index in [0.717, 1.165) is 13.2 Å². The van der Waals surface area contributed by atoms with Gasteiger partial charge in [-0.05, 0) is 47.2 Å². The fourth-order valence-corrected chi connectivity index (χ4v) is 4.06. The molecule has 2 fully saturated rings. The molecule has 0 saturated heterocycles. The van der Waals surface area contributed by atoms with Crippen molar-refractivity contribution in [3.05, 3.63) is 0 Å². The molecule has 2 saturated carbocycles. The van der Waals surface area contributed by atoms with Crippen molar-refractivity contribution < 1.29 is 4.74 Å². The van der Waals surface area contributed by atoms with Crippen LogP contribution in [0.2, 0.25) is 0 Å². The number of nitrogens with one attached hydrogen (secondary N) is 1. The van der Waals surface area contributed by atoms with E-state index < -0.39 is 0 Å². The Bertz CT molecular complexity index is 261. The smallest absolute Gasteiger partial charge is 0.0661 e. The summed E-state index contributed by atoms with van der Waals surface area (Å²) < 4.78 is 5.96. The molecule has 3 unspecified atom stereocenters. The molecule has 18 heavy (non-hydrogen) atoms. The summed E-state index contributed by atoms with van der Waals surface area (Å²) in [4.78, 5) is 2.26. The van der Waals surface area contributed by atoms with Crippen molar-refractivity contribution in [2.75, 3.05) is 27.2 Å². The maximum atomic E-state index is 5.96. The van der Waals surface area contributed by atoms with Crippen molar-refractivity contribution in [2.24, 2.45) is 5.41 Å². The fourth-order valence-electron chi connectivity index (χ4n) is 4.06. The van der Waals surface area contributed by atoms with Crippen LogP contribution in [0, 0.1) is 5.41 Å². The molecule has 106 valence electrons. The van der Waals surface area contributed by atoms with Crippen LogP contribution < -0.4 is 5.32 Å². The molecule has 3 nitrogen and oxygen atoms in total. The molecule has 0 bridgehead atoms. The fraction of sp³-hybridized carbons (Fsp3) is 1.00. The van der Waals surface area contributed by atoms with Gasteiger partial charge in [-0.3, -0.25) is 0 Å². The van der Waals surface area contributed by atoms with Crippen LogP contribution in [0.1, 0.15) is 46.0 Å². The monoisotopic (exact) mass is 254 g/mol. The Morgan fingerprint density at radius 1 is 1.33 bits per heavy atom. The molecule has 0 heterocycles. The third kappa shape index (κ3) is 2.73. The van der Waals surface area contributed by atoms with E-state index in [0.29, 0.717) is 23.6 Å². The van der Waals surface area contributed by atoms with Crippen LogP contribution >= 0.6 is 0 Å². The normalized spacial score (nSPS) is 31.8. The highest BCUT2D eigenvalue weighted by molar-refractivity contribution is 5.10. The van der Waals surface area contributed by atoms with E-state index in [4.69, 9.17) is 4.74 Å². The van der Waals surface area contributed by atoms with Gasteiger partial charge in [-0.1, -0.05) is 12.8 Å². The van der Waals surface area contributed by atoms with Gasteiger partial charge in [0.1, 0.15) is 0 Å². The zero-order valence-electron chi connectivity index (χ0n) is 12.5. The van der Waals surface area contributed by atoms with Gasteiger partial charge in [-0.2, -0.15) is 0 Å². The molecule has 2 rings (SSSR count). The summed E-state index contributed by atoms with van der Waals surface area (Å²) in [5.41, 5.74) is 0.469. The van der Waals surface area contributed by atoms with Crippen LogP contribution in [0.4, 0.5) is 0 Å². The molecule has 0 amide bonds. The highest BCUT2D eigenvalue weighted by Gasteiger charge is 2.56. The number of ether oxygens (including phenoxy) is 1. The summed E-state index contributed by atoms with van der Waals surface area (Å²) in [6.45, 7) is 6.41. The van der Waals surface area contributed by atoms with E-state index in [2.05, 4.69) is 38.2 Å². The first kappa shape index (κ1) is 14.3. The Morgan fingerprint density at radius 2 is 2.00 bits per heavy atom. The Balaban J connectivity index is 1.89. The molecule has 2 aliphatic carbocycles. The standard InChI is InChI=1S/C15H30N2O/c1-5-18-14-10-13(15(14)8-6-7-9-15)16-12(2)11-17(3)4/h12-14,16H,5-11H2,1-4H3. The molecule has 0 aromatic rings. The Morgan fingerprint density at radius 3 is 2.56 bits per heavy atom. The number of nitrogens with zero attached hydrogens (tertiary/aromatic N) is 1. The lowest BCUT2D eigenvalue weighted by Crippen LogP contribution is -2.64. The van der Waals surface area contributed by atoms with Crippen LogP contribution in [0.25, 0.3) is 0 Å². The van der Waals surface area contributed by atoms with Crippen LogP contribution in [-0.4, -0.2) is 50.3 Å². The minimum Gasteiger partial charge on any atom is -0.378 e. The first-order chi connectivity index (χ1) is 8.58. The van der Waals surface area contributed by atoms with Crippen LogP contribution in [0.5, 0.6) is 0 Å². The lowest BCUT2D eigenvalue weighted by atomic mass is 9.60. The SMILES string of the molecule is CCOC1CC(NC(C)CN(C)C)C12CCCC2. The van der Waals surface area contributed by atoms with Gasteiger partial charge < -0.3 is 15.0 Å². The minimum absolute atomic E-state index is 0.469. The third-order valence-electron chi connectivity index (χ3n) is 4.81. The van der Waals surface area contributed by atoms with Gasteiger partial charge >= 0.3 is 0 Å². The first-order valence-electron chi connectivity index (χ1n) is 7.61. The summed E-state index contributed by atoms with van der Waals surface area (Å²) in [5.74, 6) is 0. The van der Waals surface area contributed by atoms with Crippen LogP contribution in [0.15, 0.2) is 0 Å². The predicted octanol–water partition coefficient (Wildman–Crippen LogP) is 2.26. The van der Waals surface area contributed by atoms with Gasteiger partial charge in [-0.25, -0.2) is 0 Å². The molecule has 0 aliphatic heterocycles. The maximum Gasteiger partial charge on any atom is 0.0661 e. The molecule has 3 heteroatoms. The lowest BCUT2D eigenvalue weighted by molar-refractivity contribution is -0.132. The summed E-state index contributed by atoms with van der Waals surface area (Å²) in [6, 6.07) is 1.26. The van der Waals surface area contributed by atoms with E-state index in [1.54, 1.807) is 0 Å². The molecule has 0 radical (unpaired) electrons. The Hall–Kier alpha value is -0.120. The molecule has 0 aromatic heterocycles. The zero-order chi connectivity index (χ0) is 13.2. The number of hydrogen-bond acceptors (Lipinski definition) is 3. The number of likely N-dealkylation sites (N-methyl/N-ethyl adjacent to an activating group) is 1. The van der Waals surface area contributed by atoms with E-state index in [-0.39, 0.29) is 0 Å². The van der Waals surface area contributed by atoms with Gasteiger partial charge in [0.05, 0.1) is 6.10 Å². The average Bonchev–Trinajstić information content (AvgIpc) is 2.78. The Kier molecular flexibility index (Phi) is 4.68. The molecule has 1 spiro atoms.